The Balaban J connectivity index is 1.61. The Hall–Kier alpha value is -1.80. The Morgan fingerprint density at radius 2 is 1.96 bits per heavy atom. The normalized spacial score (nSPS) is 17.5. The van der Waals surface area contributed by atoms with E-state index in [1.54, 1.807) is 16.7 Å². The van der Waals surface area contributed by atoms with Gasteiger partial charge in [-0.3, -0.25) is 15.1 Å². The van der Waals surface area contributed by atoms with Crippen molar-refractivity contribution in [2.75, 3.05) is 19.3 Å². The number of hydrogen-bond donors (Lipinski definition) is 1. The average Bonchev–Trinajstić information content (AvgIpc) is 2.94. The first kappa shape index (κ1) is 16.1. The molecule has 2 aromatic heterocycles. The second-order valence-corrected chi connectivity index (χ2v) is 8.09. The lowest BCUT2D eigenvalue weighted by molar-refractivity contribution is 0.273. The molecule has 0 saturated carbocycles. The van der Waals surface area contributed by atoms with Crippen LogP contribution >= 0.6 is 0 Å². The molecule has 0 spiro atoms. The molecule has 0 aliphatic carbocycles. The van der Waals surface area contributed by atoms with Crippen LogP contribution < -0.4 is 0 Å². The number of piperidine rings is 1. The first-order valence-corrected chi connectivity index (χ1v) is 9.54. The maximum atomic E-state index is 11.5. The molecule has 3 heterocycles. The Labute approximate surface area is 136 Å². The van der Waals surface area contributed by atoms with Crippen molar-refractivity contribution < 1.29 is 8.42 Å². The minimum Gasteiger partial charge on any atom is -0.282 e. The van der Waals surface area contributed by atoms with Gasteiger partial charge in [-0.05, 0) is 32.1 Å². The van der Waals surface area contributed by atoms with E-state index in [4.69, 9.17) is 0 Å². The van der Waals surface area contributed by atoms with E-state index in [9.17, 15) is 8.42 Å². The number of sulfonamides is 1. The zero-order valence-electron chi connectivity index (χ0n) is 13.4. The molecule has 8 heteroatoms. The van der Waals surface area contributed by atoms with Crippen LogP contribution in [0.1, 0.15) is 24.2 Å². The van der Waals surface area contributed by atoms with Gasteiger partial charge in [0.25, 0.3) is 0 Å². The standard InChI is InChI=1S/C15H21N5O2S/c1-11-14(9-18-19-11)15-10-16-13(8-17-15)7-12-3-5-20(6-4-12)23(2,21)22/h8-10,12H,3-7H2,1-2H3,(H,18,19). The number of rotatable bonds is 4. The van der Waals surface area contributed by atoms with Crippen molar-refractivity contribution in [1.29, 1.82) is 0 Å². The summed E-state index contributed by atoms with van der Waals surface area (Å²) in [6.07, 6.45) is 9.20. The minimum atomic E-state index is -3.06. The van der Waals surface area contributed by atoms with Gasteiger partial charge >= 0.3 is 0 Å². The molecule has 1 aliphatic rings. The van der Waals surface area contributed by atoms with Gasteiger partial charge in [0.2, 0.25) is 10.0 Å². The Morgan fingerprint density at radius 3 is 2.48 bits per heavy atom. The van der Waals surface area contributed by atoms with Gasteiger partial charge in [-0.1, -0.05) is 0 Å². The molecule has 23 heavy (non-hydrogen) atoms. The van der Waals surface area contributed by atoms with E-state index in [-0.39, 0.29) is 0 Å². The molecule has 1 N–H and O–H groups in total. The highest BCUT2D eigenvalue weighted by Crippen LogP contribution is 2.23. The van der Waals surface area contributed by atoms with Crippen LogP contribution in [0.15, 0.2) is 18.6 Å². The first-order valence-electron chi connectivity index (χ1n) is 7.70. The van der Waals surface area contributed by atoms with Gasteiger partial charge in [-0.15, -0.1) is 0 Å². The van der Waals surface area contributed by atoms with E-state index in [0.29, 0.717) is 19.0 Å². The number of aromatic nitrogens is 4. The van der Waals surface area contributed by atoms with Crippen LogP contribution in [0, 0.1) is 12.8 Å². The maximum Gasteiger partial charge on any atom is 0.211 e. The van der Waals surface area contributed by atoms with Gasteiger partial charge in [0, 0.05) is 30.5 Å². The van der Waals surface area contributed by atoms with Crippen LogP contribution in [-0.2, 0) is 16.4 Å². The molecule has 0 amide bonds. The van der Waals surface area contributed by atoms with Crippen LogP contribution in [0.2, 0.25) is 0 Å². The lowest BCUT2D eigenvalue weighted by Gasteiger charge is -2.29. The summed E-state index contributed by atoms with van der Waals surface area (Å²) >= 11 is 0. The molecule has 3 rings (SSSR count). The lowest BCUT2D eigenvalue weighted by Crippen LogP contribution is -2.38. The third-order valence-corrected chi connectivity index (χ3v) is 5.65. The van der Waals surface area contributed by atoms with Gasteiger partial charge in [-0.2, -0.15) is 5.10 Å². The fraction of sp³-hybridized carbons (Fsp3) is 0.533. The number of aryl methyl sites for hydroxylation is 1. The largest absolute Gasteiger partial charge is 0.282 e. The van der Waals surface area contributed by atoms with Crippen molar-refractivity contribution in [2.45, 2.75) is 26.2 Å². The monoisotopic (exact) mass is 335 g/mol. The topological polar surface area (TPSA) is 91.8 Å². The molecular formula is C15H21N5O2S. The second kappa shape index (κ2) is 6.37. The number of H-pyrrole nitrogens is 1. The van der Waals surface area contributed by atoms with Gasteiger partial charge < -0.3 is 0 Å². The fourth-order valence-electron chi connectivity index (χ4n) is 2.95. The Morgan fingerprint density at radius 1 is 1.22 bits per heavy atom. The van der Waals surface area contributed by atoms with Crippen molar-refractivity contribution >= 4 is 10.0 Å². The van der Waals surface area contributed by atoms with Gasteiger partial charge in [0.15, 0.2) is 0 Å². The molecule has 2 aromatic rings. The van der Waals surface area contributed by atoms with Gasteiger partial charge in [0.1, 0.15) is 0 Å². The summed E-state index contributed by atoms with van der Waals surface area (Å²) in [6.45, 7) is 3.15. The summed E-state index contributed by atoms with van der Waals surface area (Å²) in [5, 5.41) is 6.89. The summed E-state index contributed by atoms with van der Waals surface area (Å²) in [7, 11) is -3.06. The van der Waals surface area contributed by atoms with Crippen molar-refractivity contribution in [3.8, 4) is 11.3 Å². The lowest BCUT2D eigenvalue weighted by atomic mass is 9.93. The minimum absolute atomic E-state index is 0.462. The van der Waals surface area contributed by atoms with Gasteiger partial charge in [0.05, 0.1) is 30.0 Å². The van der Waals surface area contributed by atoms with E-state index in [1.165, 1.54) is 6.26 Å². The number of nitrogens with one attached hydrogen (secondary N) is 1. The van der Waals surface area contributed by atoms with E-state index in [0.717, 1.165) is 41.9 Å². The molecule has 124 valence electrons. The zero-order chi connectivity index (χ0) is 16.4. The van der Waals surface area contributed by atoms with E-state index >= 15 is 0 Å². The molecule has 1 aliphatic heterocycles. The van der Waals surface area contributed by atoms with Crippen molar-refractivity contribution in [2.24, 2.45) is 5.92 Å². The summed E-state index contributed by atoms with van der Waals surface area (Å²) in [6, 6.07) is 0. The molecule has 0 atom stereocenters. The summed E-state index contributed by atoms with van der Waals surface area (Å²) < 4.78 is 24.6. The Kier molecular flexibility index (Phi) is 4.45. The highest BCUT2D eigenvalue weighted by Gasteiger charge is 2.25. The van der Waals surface area contributed by atoms with Crippen LogP contribution in [-0.4, -0.2) is 52.2 Å². The fourth-order valence-corrected chi connectivity index (χ4v) is 3.82. The van der Waals surface area contributed by atoms with Crippen LogP contribution in [0.5, 0.6) is 0 Å². The molecule has 0 bridgehead atoms. The predicted octanol–water partition coefficient (Wildman–Crippen LogP) is 1.39. The Bertz CT molecular complexity index is 761. The van der Waals surface area contributed by atoms with Crippen LogP contribution in [0.25, 0.3) is 11.3 Å². The number of aromatic amines is 1. The van der Waals surface area contributed by atoms with Crippen molar-refractivity contribution in [3.05, 3.63) is 30.0 Å². The first-order chi connectivity index (χ1) is 10.9. The van der Waals surface area contributed by atoms with Gasteiger partial charge in [-0.25, -0.2) is 12.7 Å². The highest BCUT2D eigenvalue weighted by atomic mass is 32.2. The second-order valence-electron chi connectivity index (χ2n) is 6.11. The number of hydrogen-bond acceptors (Lipinski definition) is 5. The molecule has 0 radical (unpaired) electrons. The molecule has 0 aromatic carbocycles. The van der Waals surface area contributed by atoms with Crippen molar-refractivity contribution in [1.82, 2.24) is 24.5 Å². The quantitative estimate of drug-likeness (QED) is 0.911. The summed E-state index contributed by atoms with van der Waals surface area (Å²) in [5.41, 5.74) is 3.70. The number of nitrogens with zero attached hydrogens (tertiary/aromatic N) is 4. The van der Waals surface area contributed by atoms with E-state index in [2.05, 4.69) is 20.2 Å². The van der Waals surface area contributed by atoms with Crippen molar-refractivity contribution in [3.63, 3.8) is 0 Å². The molecule has 1 saturated heterocycles. The van der Waals surface area contributed by atoms with Crippen LogP contribution in [0.3, 0.4) is 0 Å². The highest BCUT2D eigenvalue weighted by molar-refractivity contribution is 7.88. The summed E-state index contributed by atoms with van der Waals surface area (Å²) in [5.74, 6) is 0.462. The summed E-state index contributed by atoms with van der Waals surface area (Å²) in [4.78, 5) is 8.97. The third-order valence-electron chi connectivity index (χ3n) is 4.35. The molecule has 0 unspecified atom stereocenters. The molecule has 7 nitrogen and oxygen atoms in total. The average molecular weight is 335 g/mol. The SMILES string of the molecule is Cc1[nH]ncc1-c1cnc(CC2CCN(S(C)(=O)=O)CC2)cn1. The molecule has 1 fully saturated rings. The van der Waals surface area contributed by atoms with E-state index in [1.807, 2.05) is 13.1 Å². The molecular weight excluding hydrogens is 314 g/mol. The van der Waals surface area contributed by atoms with E-state index < -0.39 is 10.0 Å². The third kappa shape index (κ3) is 3.76. The maximum absolute atomic E-state index is 11.5. The van der Waals surface area contributed by atoms with Crippen LogP contribution in [0.4, 0.5) is 0 Å². The smallest absolute Gasteiger partial charge is 0.211 e. The predicted molar refractivity (Wildman–Crippen MR) is 87.2 cm³/mol. The zero-order valence-corrected chi connectivity index (χ0v) is 14.2.